The van der Waals surface area contributed by atoms with Crippen LogP contribution in [-0.4, -0.2) is 41.6 Å². The third kappa shape index (κ3) is 2.66. The Morgan fingerprint density at radius 3 is 3.05 bits per heavy atom. The smallest absolute Gasteiger partial charge is 0.253 e. The number of carbonyl (C=O) groups is 2. The zero-order chi connectivity index (χ0) is 14.1. The Hall–Kier alpha value is -1.53. The number of rotatable bonds is 1. The molecule has 6 heteroatoms. The SMILES string of the molecule is N[C@@H]1CCN(C(=O)c2ccc3c(c2)NC(=O)CCS3)C1. The van der Waals surface area contributed by atoms with Gasteiger partial charge in [0, 0.05) is 41.8 Å². The Bertz CT molecular complexity index is 561. The summed E-state index contributed by atoms with van der Waals surface area (Å²) in [6, 6.07) is 5.59. The average molecular weight is 291 g/mol. The molecule has 0 spiro atoms. The highest BCUT2D eigenvalue weighted by atomic mass is 32.2. The van der Waals surface area contributed by atoms with Gasteiger partial charge in [0.2, 0.25) is 5.91 Å². The Morgan fingerprint density at radius 1 is 1.45 bits per heavy atom. The second-order valence-corrected chi connectivity index (χ2v) is 6.29. The standard InChI is InChI=1S/C14H17N3O2S/c15-10-3-5-17(8-10)14(19)9-1-2-12-11(7-9)16-13(18)4-6-20-12/h1-2,7,10H,3-6,8,15H2,(H,16,18)/t10-/m1/s1. The van der Waals surface area contributed by atoms with E-state index in [1.165, 1.54) is 0 Å². The van der Waals surface area contributed by atoms with Gasteiger partial charge in [-0.3, -0.25) is 9.59 Å². The maximum atomic E-state index is 12.4. The van der Waals surface area contributed by atoms with E-state index in [1.54, 1.807) is 22.7 Å². The molecule has 2 heterocycles. The first-order chi connectivity index (χ1) is 9.63. The average Bonchev–Trinajstić information content (AvgIpc) is 2.77. The van der Waals surface area contributed by atoms with Crippen molar-refractivity contribution in [1.82, 2.24) is 4.90 Å². The van der Waals surface area contributed by atoms with Crippen LogP contribution in [0.25, 0.3) is 0 Å². The van der Waals surface area contributed by atoms with Gasteiger partial charge in [0.25, 0.3) is 5.91 Å². The maximum Gasteiger partial charge on any atom is 0.253 e. The molecule has 3 rings (SSSR count). The van der Waals surface area contributed by atoms with E-state index in [0.717, 1.165) is 22.8 Å². The molecule has 2 aliphatic heterocycles. The van der Waals surface area contributed by atoms with Gasteiger partial charge < -0.3 is 16.0 Å². The van der Waals surface area contributed by atoms with E-state index in [4.69, 9.17) is 5.73 Å². The third-order valence-electron chi connectivity index (χ3n) is 3.60. The molecule has 5 nitrogen and oxygen atoms in total. The van der Waals surface area contributed by atoms with E-state index >= 15 is 0 Å². The summed E-state index contributed by atoms with van der Waals surface area (Å²) in [6.45, 7) is 1.31. The van der Waals surface area contributed by atoms with Gasteiger partial charge in [-0.15, -0.1) is 11.8 Å². The summed E-state index contributed by atoms with van der Waals surface area (Å²) in [5.41, 5.74) is 7.19. The minimum atomic E-state index is -0.00996. The molecule has 0 aliphatic carbocycles. The van der Waals surface area contributed by atoms with Crippen LogP contribution in [0.4, 0.5) is 5.69 Å². The van der Waals surface area contributed by atoms with Gasteiger partial charge in [-0.1, -0.05) is 0 Å². The number of carbonyl (C=O) groups excluding carboxylic acids is 2. The van der Waals surface area contributed by atoms with E-state index < -0.39 is 0 Å². The topological polar surface area (TPSA) is 75.4 Å². The zero-order valence-electron chi connectivity index (χ0n) is 11.1. The van der Waals surface area contributed by atoms with Crippen molar-refractivity contribution in [2.75, 3.05) is 24.2 Å². The fourth-order valence-electron chi connectivity index (χ4n) is 2.51. The highest BCUT2D eigenvalue weighted by Crippen LogP contribution is 2.32. The summed E-state index contributed by atoms with van der Waals surface area (Å²) in [6.07, 6.45) is 1.35. The first-order valence-corrected chi connectivity index (χ1v) is 7.73. The summed E-state index contributed by atoms with van der Waals surface area (Å²) < 4.78 is 0. The number of thioether (sulfide) groups is 1. The number of amides is 2. The van der Waals surface area contributed by atoms with Crippen molar-refractivity contribution in [2.24, 2.45) is 5.73 Å². The molecule has 2 amide bonds. The van der Waals surface area contributed by atoms with Crippen LogP contribution in [0.15, 0.2) is 23.1 Å². The number of benzene rings is 1. The number of nitrogens with one attached hydrogen (secondary N) is 1. The number of hydrogen-bond donors (Lipinski definition) is 2. The van der Waals surface area contributed by atoms with Crippen LogP contribution in [0.1, 0.15) is 23.2 Å². The van der Waals surface area contributed by atoms with Gasteiger partial charge in [-0.05, 0) is 24.6 Å². The van der Waals surface area contributed by atoms with Crippen LogP contribution in [0.5, 0.6) is 0 Å². The molecule has 20 heavy (non-hydrogen) atoms. The van der Waals surface area contributed by atoms with Crippen molar-refractivity contribution < 1.29 is 9.59 Å². The van der Waals surface area contributed by atoms with E-state index in [9.17, 15) is 9.59 Å². The minimum absolute atomic E-state index is 0.00374. The predicted octanol–water partition coefficient (Wildman–Crippen LogP) is 1.29. The molecular weight excluding hydrogens is 274 g/mol. The molecule has 0 aromatic heterocycles. The first kappa shape index (κ1) is 13.5. The summed E-state index contributed by atoms with van der Waals surface area (Å²) in [7, 11) is 0. The van der Waals surface area contributed by atoms with Crippen LogP contribution >= 0.6 is 11.8 Å². The van der Waals surface area contributed by atoms with Crippen molar-refractivity contribution >= 4 is 29.3 Å². The second-order valence-electron chi connectivity index (χ2n) is 5.16. The van der Waals surface area contributed by atoms with Gasteiger partial charge in [0.1, 0.15) is 0 Å². The van der Waals surface area contributed by atoms with Gasteiger partial charge >= 0.3 is 0 Å². The molecule has 1 saturated heterocycles. The van der Waals surface area contributed by atoms with Gasteiger partial charge in [0.15, 0.2) is 0 Å². The van der Waals surface area contributed by atoms with E-state index in [1.807, 2.05) is 12.1 Å². The molecule has 2 aliphatic rings. The zero-order valence-corrected chi connectivity index (χ0v) is 11.9. The van der Waals surface area contributed by atoms with Crippen molar-refractivity contribution in [1.29, 1.82) is 0 Å². The maximum absolute atomic E-state index is 12.4. The minimum Gasteiger partial charge on any atom is -0.337 e. The Kier molecular flexibility index (Phi) is 3.67. The van der Waals surface area contributed by atoms with Gasteiger partial charge in [-0.2, -0.15) is 0 Å². The number of likely N-dealkylation sites (tertiary alicyclic amines) is 1. The molecule has 3 N–H and O–H groups in total. The number of nitrogens with two attached hydrogens (primary N) is 1. The lowest BCUT2D eigenvalue weighted by atomic mass is 10.1. The highest BCUT2D eigenvalue weighted by Gasteiger charge is 2.25. The largest absolute Gasteiger partial charge is 0.337 e. The number of hydrogen-bond acceptors (Lipinski definition) is 4. The summed E-state index contributed by atoms with van der Waals surface area (Å²) in [4.78, 5) is 26.8. The second kappa shape index (κ2) is 5.46. The summed E-state index contributed by atoms with van der Waals surface area (Å²) in [5, 5.41) is 2.86. The van der Waals surface area contributed by atoms with Crippen LogP contribution < -0.4 is 11.1 Å². The molecule has 1 atom stereocenters. The lowest BCUT2D eigenvalue weighted by Gasteiger charge is -2.17. The molecule has 106 valence electrons. The Balaban J connectivity index is 1.84. The first-order valence-electron chi connectivity index (χ1n) is 6.75. The number of anilines is 1. The summed E-state index contributed by atoms with van der Waals surface area (Å²) >= 11 is 1.64. The van der Waals surface area contributed by atoms with E-state index in [2.05, 4.69) is 5.32 Å². The van der Waals surface area contributed by atoms with Crippen LogP contribution in [-0.2, 0) is 4.79 Å². The van der Waals surface area contributed by atoms with E-state index in [-0.39, 0.29) is 17.9 Å². The van der Waals surface area contributed by atoms with E-state index in [0.29, 0.717) is 25.1 Å². The monoisotopic (exact) mass is 291 g/mol. The van der Waals surface area contributed by atoms with Crippen molar-refractivity contribution in [3.05, 3.63) is 23.8 Å². The quantitative estimate of drug-likeness (QED) is 0.817. The third-order valence-corrected chi connectivity index (χ3v) is 4.67. The van der Waals surface area contributed by atoms with Gasteiger partial charge in [-0.25, -0.2) is 0 Å². The predicted molar refractivity (Wildman–Crippen MR) is 78.9 cm³/mol. The number of nitrogens with zero attached hydrogens (tertiary/aromatic N) is 1. The highest BCUT2D eigenvalue weighted by molar-refractivity contribution is 7.99. The molecule has 1 fully saturated rings. The van der Waals surface area contributed by atoms with Crippen molar-refractivity contribution in [2.45, 2.75) is 23.8 Å². The molecule has 1 aromatic rings. The van der Waals surface area contributed by atoms with Crippen LogP contribution in [0, 0.1) is 0 Å². The van der Waals surface area contributed by atoms with Crippen molar-refractivity contribution in [3.63, 3.8) is 0 Å². The van der Waals surface area contributed by atoms with Crippen LogP contribution in [0.3, 0.4) is 0 Å². The molecule has 1 aromatic carbocycles. The number of fused-ring (bicyclic) bond motifs is 1. The molecule has 0 radical (unpaired) electrons. The fourth-order valence-corrected chi connectivity index (χ4v) is 3.44. The fraction of sp³-hybridized carbons (Fsp3) is 0.429. The van der Waals surface area contributed by atoms with Gasteiger partial charge in [0.05, 0.1) is 5.69 Å². The summed E-state index contributed by atoms with van der Waals surface area (Å²) in [5.74, 6) is 0.765. The molecule has 0 bridgehead atoms. The Labute approximate surface area is 121 Å². The Morgan fingerprint density at radius 2 is 2.30 bits per heavy atom. The lowest BCUT2D eigenvalue weighted by Crippen LogP contribution is -2.31. The lowest BCUT2D eigenvalue weighted by molar-refractivity contribution is -0.115. The molecular formula is C14H17N3O2S. The molecule has 0 unspecified atom stereocenters. The molecule has 0 saturated carbocycles. The van der Waals surface area contributed by atoms with Crippen molar-refractivity contribution in [3.8, 4) is 0 Å². The normalized spacial score (nSPS) is 22.1. The van der Waals surface area contributed by atoms with Crippen LogP contribution in [0.2, 0.25) is 0 Å².